The summed E-state index contributed by atoms with van der Waals surface area (Å²) < 4.78 is 37.3. The maximum absolute atomic E-state index is 12.4. The molecule has 0 bridgehead atoms. The molecule has 0 spiro atoms. The average Bonchev–Trinajstić information content (AvgIpc) is 2.26. The van der Waals surface area contributed by atoms with Crippen LogP contribution < -0.4 is 0 Å². The van der Waals surface area contributed by atoms with E-state index in [1.807, 2.05) is 0 Å². The van der Waals surface area contributed by atoms with Crippen LogP contribution in [0.1, 0.15) is 32.6 Å². The molecule has 0 aromatic carbocycles. The maximum Gasteiger partial charge on any atom is 0.391 e. The van der Waals surface area contributed by atoms with Gasteiger partial charge in [0.1, 0.15) is 6.04 Å². The van der Waals surface area contributed by atoms with Gasteiger partial charge >= 0.3 is 12.1 Å². The van der Waals surface area contributed by atoms with Crippen LogP contribution in [0.2, 0.25) is 0 Å². The van der Waals surface area contributed by atoms with Crippen molar-refractivity contribution in [1.82, 2.24) is 4.90 Å². The predicted molar refractivity (Wildman–Crippen MR) is 56.7 cm³/mol. The first-order valence-corrected chi connectivity index (χ1v) is 5.75. The lowest BCUT2D eigenvalue weighted by Crippen LogP contribution is -2.45. The number of rotatable bonds is 3. The monoisotopic (exact) mass is 253 g/mol. The molecule has 1 rings (SSSR count). The molecular formula is C11H18F3NO2. The van der Waals surface area contributed by atoms with E-state index in [9.17, 15) is 18.0 Å². The summed E-state index contributed by atoms with van der Waals surface area (Å²) in [6, 6.07) is -0.706. The van der Waals surface area contributed by atoms with Gasteiger partial charge in [0.25, 0.3) is 0 Å². The smallest absolute Gasteiger partial charge is 0.391 e. The minimum Gasteiger partial charge on any atom is -0.480 e. The van der Waals surface area contributed by atoms with Crippen LogP contribution >= 0.6 is 0 Å². The number of hydrogen-bond donors (Lipinski definition) is 1. The van der Waals surface area contributed by atoms with Crippen molar-refractivity contribution in [2.24, 2.45) is 5.92 Å². The molecule has 1 N–H and O–H groups in total. The summed E-state index contributed by atoms with van der Waals surface area (Å²) in [5, 5.41) is 8.84. The molecule has 1 atom stereocenters. The zero-order valence-corrected chi connectivity index (χ0v) is 10.00. The number of carboxylic acids is 1. The zero-order valence-electron chi connectivity index (χ0n) is 10.00. The molecule has 1 saturated carbocycles. The Morgan fingerprint density at radius 3 is 2.12 bits per heavy atom. The Morgan fingerprint density at radius 2 is 1.76 bits per heavy atom. The highest BCUT2D eigenvalue weighted by Crippen LogP contribution is 2.38. The second-order valence-corrected chi connectivity index (χ2v) is 4.73. The Kier molecular flexibility index (Phi) is 4.41. The number of halogens is 3. The maximum atomic E-state index is 12.4. The Bertz CT molecular complexity index is 272. The van der Waals surface area contributed by atoms with Crippen molar-refractivity contribution in [3.63, 3.8) is 0 Å². The van der Waals surface area contributed by atoms with E-state index in [-0.39, 0.29) is 18.9 Å². The summed E-state index contributed by atoms with van der Waals surface area (Å²) in [4.78, 5) is 12.4. The third-order valence-electron chi connectivity index (χ3n) is 3.70. The van der Waals surface area contributed by atoms with Crippen LogP contribution in [0.15, 0.2) is 0 Å². The summed E-state index contributed by atoms with van der Waals surface area (Å²) in [5.41, 5.74) is 0. The SMILES string of the molecule is CC(C(=O)O)N(C)C1CCC(C(F)(F)F)CC1. The van der Waals surface area contributed by atoms with Gasteiger partial charge in [-0.05, 0) is 39.7 Å². The highest BCUT2D eigenvalue weighted by atomic mass is 19.4. The predicted octanol–water partition coefficient (Wildman–Crippen LogP) is 2.51. The number of nitrogens with zero attached hydrogens (tertiary/aromatic N) is 1. The lowest BCUT2D eigenvalue weighted by molar-refractivity contribution is -0.185. The second-order valence-electron chi connectivity index (χ2n) is 4.73. The third-order valence-corrected chi connectivity index (χ3v) is 3.70. The molecule has 0 amide bonds. The largest absolute Gasteiger partial charge is 0.480 e. The van der Waals surface area contributed by atoms with E-state index in [1.54, 1.807) is 18.9 Å². The molecule has 1 unspecified atom stereocenters. The summed E-state index contributed by atoms with van der Waals surface area (Å²) in [6.07, 6.45) is -3.08. The summed E-state index contributed by atoms with van der Waals surface area (Å²) >= 11 is 0. The molecule has 1 fully saturated rings. The molecule has 17 heavy (non-hydrogen) atoms. The third kappa shape index (κ3) is 3.59. The van der Waals surface area contributed by atoms with E-state index in [0.29, 0.717) is 12.8 Å². The Labute approximate surface area is 98.6 Å². The van der Waals surface area contributed by atoms with Crippen LogP contribution in [0, 0.1) is 5.92 Å². The molecular weight excluding hydrogens is 235 g/mol. The molecule has 1 aliphatic rings. The van der Waals surface area contributed by atoms with Gasteiger partial charge in [-0.25, -0.2) is 0 Å². The van der Waals surface area contributed by atoms with Crippen molar-refractivity contribution >= 4 is 5.97 Å². The van der Waals surface area contributed by atoms with Gasteiger partial charge in [0.2, 0.25) is 0 Å². The summed E-state index contributed by atoms with van der Waals surface area (Å²) in [7, 11) is 1.66. The molecule has 0 radical (unpaired) electrons. The molecule has 6 heteroatoms. The van der Waals surface area contributed by atoms with Crippen molar-refractivity contribution in [1.29, 1.82) is 0 Å². The normalized spacial score (nSPS) is 28.1. The van der Waals surface area contributed by atoms with E-state index in [1.165, 1.54) is 0 Å². The summed E-state index contributed by atoms with van der Waals surface area (Å²) in [5.74, 6) is -2.15. The van der Waals surface area contributed by atoms with Crippen LogP contribution in [0.4, 0.5) is 13.2 Å². The topological polar surface area (TPSA) is 40.5 Å². The molecule has 0 aromatic heterocycles. The minimum absolute atomic E-state index is 0.0558. The Morgan fingerprint density at radius 1 is 1.29 bits per heavy atom. The van der Waals surface area contributed by atoms with E-state index in [2.05, 4.69) is 0 Å². The number of carboxylic acid groups (broad SMARTS) is 1. The van der Waals surface area contributed by atoms with Crippen molar-refractivity contribution < 1.29 is 23.1 Å². The van der Waals surface area contributed by atoms with Gasteiger partial charge in [0.05, 0.1) is 5.92 Å². The van der Waals surface area contributed by atoms with E-state index < -0.39 is 24.1 Å². The summed E-state index contributed by atoms with van der Waals surface area (Å²) in [6.45, 7) is 1.55. The molecule has 1 aliphatic carbocycles. The Hall–Kier alpha value is -0.780. The minimum atomic E-state index is -4.11. The quantitative estimate of drug-likeness (QED) is 0.840. The van der Waals surface area contributed by atoms with Gasteiger partial charge in [-0.2, -0.15) is 13.2 Å². The lowest BCUT2D eigenvalue weighted by atomic mass is 9.84. The van der Waals surface area contributed by atoms with Gasteiger partial charge in [-0.3, -0.25) is 9.69 Å². The van der Waals surface area contributed by atoms with E-state index in [4.69, 9.17) is 5.11 Å². The van der Waals surface area contributed by atoms with Crippen LogP contribution in [-0.4, -0.2) is 41.3 Å². The van der Waals surface area contributed by atoms with Crippen LogP contribution in [0.5, 0.6) is 0 Å². The van der Waals surface area contributed by atoms with Crippen LogP contribution in [0.3, 0.4) is 0 Å². The first-order valence-electron chi connectivity index (χ1n) is 5.75. The van der Waals surface area contributed by atoms with Gasteiger partial charge in [0.15, 0.2) is 0 Å². The zero-order chi connectivity index (χ0) is 13.2. The number of aliphatic carboxylic acids is 1. The average molecular weight is 253 g/mol. The van der Waals surface area contributed by atoms with Crippen molar-refractivity contribution in [3.8, 4) is 0 Å². The fourth-order valence-corrected chi connectivity index (χ4v) is 2.30. The lowest BCUT2D eigenvalue weighted by Gasteiger charge is -2.36. The molecule has 3 nitrogen and oxygen atoms in total. The van der Waals surface area contributed by atoms with Crippen LogP contribution in [0.25, 0.3) is 0 Å². The van der Waals surface area contributed by atoms with Crippen molar-refractivity contribution in [3.05, 3.63) is 0 Å². The van der Waals surface area contributed by atoms with Crippen molar-refractivity contribution in [2.75, 3.05) is 7.05 Å². The van der Waals surface area contributed by atoms with E-state index >= 15 is 0 Å². The van der Waals surface area contributed by atoms with Crippen LogP contribution in [-0.2, 0) is 4.79 Å². The molecule has 0 aliphatic heterocycles. The Balaban J connectivity index is 2.49. The fourth-order valence-electron chi connectivity index (χ4n) is 2.30. The molecule has 0 aromatic rings. The first kappa shape index (κ1) is 14.3. The highest BCUT2D eigenvalue weighted by Gasteiger charge is 2.42. The number of likely N-dealkylation sites (N-methyl/N-ethyl adjacent to an activating group) is 1. The standard InChI is InChI=1S/C11H18F3NO2/c1-7(10(16)17)15(2)9-5-3-8(4-6-9)11(12,13)14/h7-9H,3-6H2,1-2H3,(H,16,17). The van der Waals surface area contributed by atoms with E-state index in [0.717, 1.165) is 0 Å². The number of hydrogen-bond acceptors (Lipinski definition) is 2. The van der Waals surface area contributed by atoms with Gasteiger partial charge in [-0.1, -0.05) is 0 Å². The van der Waals surface area contributed by atoms with Gasteiger partial charge in [-0.15, -0.1) is 0 Å². The second kappa shape index (κ2) is 5.25. The highest BCUT2D eigenvalue weighted by molar-refractivity contribution is 5.72. The molecule has 0 heterocycles. The van der Waals surface area contributed by atoms with Gasteiger partial charge < -0.3 is 5.11 Å². The first-order chi connectivity index (χ1) is 7.73. The van der Waals surface area contributed by atoms with Gasteiger partial charge in [0, 0.05) is 6.04 Å². The van der Waals surface area contributed by atoms with Crippen molar-refractivity contribution in [2.45, 2.75) is 50.9 Å². The number of alkyl halides is 3. The molecule has 0 saturated heterocycles. The number of carbonyl (C=O) groups is 1. The molecule has 100 valence electrons. The fraction of sp³-hybridized carbons (Fsp3) is 0.909.